The molecule has 1 aliphatic rings. The van der Waals surface area contributed by atoms with E-state index in [1.165, 1.54) is 38.2 Å². The van der Waals surface area contributed by atoms with Crippen LogP contribution in [-0.2, 0) is 6.54 Å². The van der Waals surface area contributed by atoms with E-state index in [0.29, 0.717) is 17.2 Å². The first-order valence-corrected chi connectivity index (χ1v) is 7.72. The third kappa shape index (κ3) is 3.09. The number of nitrogens with zero attached hydrogens (tertiary/aromatic N) is 2. The van der Waals surface area contributed by atoms with Crippen molar-refractivity contribution >= 4 is 5.69 Å². The fourth-order valence-electron chi connectivity index (χ4n) is 3.15. The molecule has 1 aromatic carbocycles. The van der Waals surface area contributed by atoms with Crippen LogP contribution in [0.1, 0.15) is 37.7 Å². The van der Waals surface area contributed by atoms with E-state index in [1.807, 2.05) is 17.8 Å². The summed E-state index contributed by atoms with van der Waals surface area (Å²) in [5.74, 6) is 0.430. The van der Waals surface area contributed by atoms with Crippen molar-refractivity contribution in [2.75, 3.05) is 5.73 Å². The van der Waals surface area contributed by atoms with Crippen LogP contribution in [0.5, 0.6) is 0 Å². The summed E-state index contributed by atoms with van der Waals surface area (Å²) < 4.78 is 16.0. The number of hydrogen-bond donors (Lipinski definition) is 1. The van der Waals surface area contributed by atoms with Gasteiger partial charge in [0.05, 0.1) is 6.20 Å². The lowest BCUT2D eigenvalue weighted by Gasteiger charge is -2.21. The van der Waals surface area contributed by atoms with Crippen LogP contribution in [-0.4, -0.2) is 9.78 Å². The van der Waals surface area contributed by atoms with Crippen molar-refractivity contribution in [1.82, 2.24) is 9.78 Å². The van der Waals surface area contributed by atoms with E-state index in [2.05, 4.69) is 5.10 Å². The van der Waals surface area contributed by atoms with Gasteiger partial charge in [0.15, 0.2) is 0 Å². The molecule has 1 saturated carbocycles. The average molecular weight is 287 g/mol. The summed E-state index contributed by atoms with van der Waals surface area (Å²) in [5.41, 5.74) is 8.53. The molecule has 1 heterocycles. The lowest BCUT2D eigenvalue weighted by molar-refractivity contribution is 0.308. The molecule has 3 nitrogen and oxygen atoms in total. The second-order valence-electron chi connectivity index (χ2n) is 6.14. The van der Waals surface area contributed by atoms with Gasteiger partial charge in [-0.15, -0.1) is 0 Å². The maximum atomic E-state index is 14.1. The summed E-state index contributed by atoms with van der Waals surface area (Å²) in [4.78, 5) is 0. The van der Waals surface area contributed by atoms with E-state index in [0.717, 1.165) is 17.7 Å². The Hall–Kier alpha value is -1.84. The maximum absolute atomic E-state index is 14.1. The van der Waals surface area contributed by atoms with Gasteiger partial charge in [-0.25, -0.2) is 4.39 Å². The molecule has 0 radical (unpaired) electrons. The van der Waals surface area contributed by atoms with Gasteiger partial charge in [-0.05, 0) is 43.4 Å². The zero-order chi connectivity index (χ0) is 14.8. The van der Waals surface area contributed by atoms with Crippen LogP contribution < -0.4 is 5.73 Å². The molecule has 0 spiro atoms. The minimum Gasteiger partial charge on any atom is -0.398 e. The number of anilines is 1. The van der Waals surface area contributed by atoms with Gasteiger partial charge in [-0.1, -0.05) is 19.3 Å². The highest BCUT2D eigenvalue weighted by Gasteiger charge is 2.15. The summed E-state index contributed by atoms with van der Waals surface area (Å²) in [5, 5.41) is 4.40. The Morgan fingerprint density at radius 1 is 1.29 bits per heavy atom. The number of rotatable bonds is 3. The minimum atomic E-state index is -0.282. The number of nitrogen functional groups attached to an aromatic ring is 1. The summed E-state index contributed by atoms with van der Waals surface area (Å²) in [7, 11) is 0. The van der Waals surface area contributed by atoms with Crippen molar-refractivity contribution in [2.45, 2.75) is 45.6 Å². The Morgan fingerprint density at radius 2 is 2.05 bits per heavy atom. The Bertz CT molecular complexity index is 627. The van der Waals surface area contributed by atoms with Crippen molar-refractivity contribution in [3.63, 3.8) is 0 Å². The second-order valence-corrected chi connectivity index (χ2v) is 6.14. The third-order valence-electron chi connectivity index (χ3n) is 4.47. The first kappa shape index (κ1) is 14.1. The Labute approximate surface area is 125 Å². The second kappa shape index (κ2) is 5.88. The largest absolute Gasteiger partial charge is 0.398 e. The monoisotopic (exact) mass is 287 g/mol. The van der Waals surface area contributed by atoms with E-state index < -0.39 is 0 Å². The van der Waals surface area contributed by atoms with Crippen LogP contribution in [0.2, 0.25) is 0 Å². The molecule has 1 fully saturated rings. The smallest absolute Gasteiger partial charge is 0.133 e. The molecule has 0 saturated heterocycles. The highest BCUT2D eigenvalue weighted by atomic mass is 19.1. The maximum Gasteiger partial charge on any atom is 0.133 e. The number of hydrogen-bond acceptors (Lipinski definition) is 2. The third-order valence-corrected chi connectivity index (χ3v) is 4.47. The van der Waals surface area contributed by atoms with Gasteiger partial charge in [-0.2, -0.15) is 5.10 Å². The van der Waals surface area contributed by atoms with Crippen LogP contribution in [0, 0.1) is 18.7 Å². The lowest BCUT2D eigenvalue weighted by Crippen LogP contribution is -2.14. The van der Waals surface area contributed by atoms with Crippen LogP contribution in [0.3, 0.4) is 0 Å². The van der Waals surface area contributed by atoms with Crippen molar-refractivity contribution in [3.8, 4) is 11.1 Å². The van der Waals surface area contributed by atoms with Gasteiger partial charge in [0.2, 0.25) is 0 Å². The number of aromatic nitrogens is 2. The van der Waals surface area contributed by atoms with Gasteiger partial charge >= 0.3 is 0 Å². The topological polar surface area (TPSA) is 43.8 Å². The molecule has 0 atom stereocenters. The summed E-state index contributed by atoms with van der Waals surface area (Å²) in [6, 6.07) is 3.19. The van der Waals surface area contributed by atoms with Crippen molar-refractivity contribution in [3.05, 3.63) is 35.9 Å². The standard InChI is InChI=1S/C17H22FN3/c1-12-7-15(16(18)8-17(12)19)14-9-20-21(11-14)10-13-5-3-2-4-6-13/h7-9,11,13H,2-6,10,19H2,1H3. The zero-order valence-corrected chi connectivity index (χ0v) is 12.5. The fraction of sp³-hybridized carbons (Fsp3) is 0.471. The zero-order valence-electron chi connectivity index (χ0n) is 12.5. The molecule has 1 aliphatic carbocycles. The predicted molar refractivity (Wildman–Crippen MR) is 83.3 cm³/mol. The van der Waals surface area contributed by atoms with Gasteiger partial charge in [0.25, 0.3) is 0 Å². The van der Waals surface area contributed by atoms with Crippen LogP contribution in [0.15, 0.2) is 24.5 Å². The molecule has 1 aromatic heterocycles. The van der Waals surface area contributed by atoms with Crippen molar-refractivity contribution < 1.29 is 4.39 Å². The van der Waals surface area contributed by atoms with Gasteiger partial charge < -0.3 is 5.73 Å². The fourth-order valence-corrected chi connectivity index (χ4v) is 3.15. The number of halogens is 1. The molecular formula is C17H22FN3. The molecule has 4 heteroatoms. The SMILES string of the molecule is Cc1cc(-c2cnn(CC3CCCCC3)c2)c(F)cc1N. The quantitative estimate of drug-likeness (QED) is 0.861. The van der Waals surface area contributed by atoms with Gasteiger partial charge in [-0.3, -0.25) is 4.68 Å². The Balaban J connectivity index is 1.79. The van der Waals surface area contributed by atoms with Crippen LogP contribution in [0.25, 0.3) is 11.1 Å². The van der Waals surface area contributed by atoms with E-state index in [4.69, 9.17) is 5.73 Å². The van der Waals surface area contributed by atoms with Gasteiger partial charge in [0, 0.05) is 29.6 Å². The highest BCUT2D eigenvalue weighted by Crippen LogP contribution is 2.28. The summed E-state index contributed by atoms with van der Waals surface area (Å²) in [6.45, 7) is 2.83. The van der Waals surface area contributed by atoms with Crippen molar-refractivity contribution in [2.24, 2.45) is 5.92 Å². The first-order valence-electron chi connectivity index (χ1n) is 7.72. The van der Waals surface area contributed by atoms with Gasteiger partial charge in [0.1, 0.15) is 5.82 Å². The molecular weight excluding hydrogens is 265 g/mol. The summed E-state index contributed by atoms with van der Waals surface area (Å²) >= 11 is 0. The molecule has 2 N–H and O–H groups in total. The van der Waals surface area contributed by atoms with E-state index in [-0.39, 0.29) is 5.82 Å². The number of benzene rings is 1. The van der Waals surface area contributed by atoms with Crippen molar-refractivity contribution in [1.29, 1.82) is 0 Å². The number of aryl methyl sites for hydroxylation is 1. The molecule has 0 unspecified atom stereocenters. The average Bonchev–Trinajstić information content (AvgIpc) is 2.92. The highest BCUT2D eigenvalue weighted by molar-refractivity contribution is 5.67. The van der Waals surface area contributed by atoms with Crippen LogP contribution >= 0.6 is 0 Å². The predicted octanol–water partition coefficient (Wildman–Crippen LogP) is 4.16. The molecule has 3 rings (SSSR count). The first-order chi connectivity index (χ1) is 10.1. The Morgan fingerprint density at radius 3 is 2.81 bits per heavy atom. The molecule has 112 valence electrons. The van der Waals surface area contributed by atoms with E-state index in [9.17, 15) is 4.39 Å². The minimum absolute atomic E-state index is 0.282. The van der Waals surface area contributed by atoms with Crippen LogP contribution in [0.4, 0.5) is 10.1 Å². The van der Waals surface area contributed by atoms with E-state index in [1.54, 1.807) is 12.3 Å². The lowest BCUT2D eigenvalue weighted by atomic mass is 9.89. The Kier molecular flexibility index (Phi) is 3.95. The molecule has 0 amide bonds. The summed E-state index contributed by atoms with van der Waals surface area (Å²) in [6.07, 6.45) is 10.3. The molecule has 2 aromatic rings. The molecule has 0 bridgehead atoms. The normalized spacial score (nSPS) is 16.3. The molecule has 21 heavy (non-hydrogen) atoms. The van der Waals surface area contributed by atoms with E-state index >= 15 is 0 Å². The molecule has 0 aliphatic heterocycles. The number of nitrogens with two attached hydrogens (primary N) is 1.